The lowest BCUT2D eigenvalue weighted by molar-refractivity contribution is -0.143. The summed E-state index contributed by atoms with van der Waals surface area (Å²) in [5, 5.41) is 21.4. The van der Waals surface area contributed by atoms with E-state index < -0.39 is 29.7 Å². The van der Waals surface area contributed by atoms with Crippen LogP contribution in [0.25, 0.3) is 0 Å². The maximum absolute atomic E-state index is 13.3. The second-order valence-electron chi connectivity index (χ2n) is 7.38. The molecule has 0 saturated heterocycles. The van der Waals surface area contributed by atoms with Crippen molar-refractivity contribution in [2.75, 3.05) is 0 Å². The quantitative estimate of drug-likeness (QED) is 0.521. The molecule has 158 valence electrons. The van der Waals surface area contributed by atoms with E-state index in [4.69, 9.17) is 0 Å². The Morgan fingerprint density at radius 2 is 1.76 bits per heavy atom. The van der Waals surface area contributed by atoms with Gasteiger partial charge in [-0.2, -0.15) is 0 Å². The minimum absolute atomic E-state index is 0.0599. The van der Waals surface area contributed by atoms with Crippen LogP contribution in [0.5, 0.6) is 0 Å². The van der Waals surface area contributed by atoms with Crippen LogP contribution in [0.1, 0.15) is 25.8 Å². The van der Waals surface area contributed by atoms with Crippen molar-refractivity contribution in [3.63, 3.8) is 0 Å². The molecule has 0 amide bonds. The Balaban J connectivity index is 2.07. The second kappa shape index (κ2) is 10.0. The lowest BCUT2D eigenvalue weighted by Crippen LogP contribution is -2.50. The van der Waals surface area contributed by atoms with Gasteiger partial charge in [-0.15, -0.1) is 0 Å². The van der Waals surface area contributed by atoms with Gasteiger partial charge in [0.25, 0.3) is 0 Å². The van der Waals surface area contributed by atoms with E-state index in [1.54, 1.807) is 12.1 Å². The molecule has 0 unspecified atom stereocenters. The lowest BCUT2D eigenvalue weighted by Gasteiger charge is -2.21. The second-order valence-corrected chi connectivity index (χ2v) is 7.38. The minimum atomic E-state index is -1.24. The van der Waals surface area contributed by atoms with E-state index in [1.807, 2.05) is 13.8 Å². The highest BCUT2D eigenvalue weighted by atomic mass is 19.1. The van der Waals surface area contributed by atoms with Crippen LogP contribution in [-0.2, 0) is 29.1 Å². The number of halogens is 1. The summed E-state index contributed by atoms with van der Waals surface area (Å²) in [5.41, 5.74) is 0.331. The average Bonchev–Trinajstić information content (AvgIpc) is 2.98. The molecule has 0 bridgehead atoms. The fourth-order valence-electron chi connectivity index (χ4n) is 3.06. The van der Waals surface area contributed by atoms with Gasteiger partial charge in [0.05, 0.1) is 6.54 Å². The zero-order chi connectivity index (χ0) is 21.6. The van der Waals surface area contributed by atoms with Crippen LogP contribution in [0.15, 0.2) is 41.5 Å². The number of aromatic nitrogens is 2. The number of hydrogen-bond acceptors (Lipinski definition) is 4. The first-order valence-electron chi connectivity index (χ1n) is 9.39. The van der Waals surface area contributed by atoms with Crippen LogP contribution in [0.3, 0.4) is 0 Å². The average molecular weight is 407 g/mol. The molecule has 1 heterocycles. The predicted octanol–water partition coefficient (Wildman–Crippen LogP) is 1.57. The molecule has 0 saturated carbocycles. The molecule has 0 aliphatic heterocycles. The number of hydrogen-bond donors (Lipinski definition) is 3. The Morgan fingerprint density at radius 1 is 1.10 bits per heavy atom. The predicted molar refractivity (Wildman–Crippen MR) is 104 cm³/mol. The van der Waals surface area contributed by atoms with Gasteiger partial charge in [0.2, 0.25) is 0 Å². The maximum atomic E-state index is 13.3. The monoisotopic (exact) mass is 407 g/mol. The SMILES string of the molecule is CC(C)C[C@H](N[C@@H](Cn1ccn(CCc2cccc(F)c2)c1=O)C(=O)O)C(=O)O. The summed E-state index contributed by atoms with van der Waals surface area (Å²) in [6.45, 7) is 3.79. The van der Waals surface area contributed by atoms with Gasteiger partial charge >= 0.3 is 17.6 Å². The molecule has 0 aliphatic carbocycles. The van der Waals surface area contributed by atoms with Crippen molar-refractivity contribution in [3.8, 4) is 0 Å². The number of carboxylic acid groups (broad SMARTS) is 2. The van der Waals surface area contributed by atoms with Crippen molar-refractivity contribution < 1.29 is 24.2 Å². The molecule has 9 heteroatoms. The molecule has 1 aromatic carbocycles. The van der Waals surface area contributed by atoms with Crippen LogP contribution in [0.4, 0.5) is 4.39 Å². The Labute approximate surface area is 167 Å². The lowest BCUT2D eigenvalue weighted by atomic mass is 10.0. The Morgan fingerprint density at radius 3 is 2.34 bits per heavy atom. The van der Waals surface area contributed by atoms with Crippen LogP contribution < -0.4 is 11.0 Å². The standard InChI is InChI=1S/C20H26FN3O5/c1-13(2)10-16(18(25)26)22-17(19(27)28)12-24-9-8-23(20(24)29)7-6-14-4-3-5-15(21)11-14/h3-5,8-9,11,13,16-17,22H,6-7,10,12H2,1-2H3,(H,25,26)(H,27,28)/t16-,17-/m0/s1. The number of rotatable bonds is 11. The largest absolute Gasteiger partial charge is 0.480 e. The van der Waals surface area contributed by atoms with Gasteiger partial charge in [-0.1, -0.05) is 26.0 Å². The summed E-state index contributed by atoms with van der Waals surface area (Å²) in [6.07, 6.45) is 3.70. The van der Waals surface area contributed by atoms with Crippen molar-refractivity contribution in [1.82, 2.24) is 14.5 Å². The normalized spacial score (nSPS) is 13.4. The molecule has 8 nitrogen and oxygen atoms in total. The van der Waals surface area contributed by atoms with Crippen LogP contribution in [0, 0.1) is 11.7 Å². The number of carboxylic acids is 2. The summed E-state index contributed by atoms with van der Waals surface area (Å²) in [4.78, 5) is 35.5. The summed E-state index contributed by atoms with van der Waals surface area (Å²) < 4.78 is 15.9. The van der Waals surface area contributed by atoms with Crippen molar-refractivity contribution in [2.24, 2.45) is 5.92 Å². The molecule has 3 N–H and O–H groups in total. The first kappa shape index (κ1) is 22.4. The third kappa shape index (κ3) is 6.56. The molecular weight excluding hydrogens is 381 g/mol. The topological polar surface area (TPSA) is 114 Å². The number of nitrogens with one attached hydrogen (secondary N) is 1. The van der Waals surface area contributed by atoms with E-state index in [0.717, 1.165) is 5.56 Å². The first-order valence-corrected chi connectivity index (χ1v) is 9.39. The maximum Gasteiger partial charge on any atom is 0.328 e. The third-order valence-corrected chi connectivity index (χ3v) is 4.53. The molecule has 2 atom stereocenters. The van der Waals surface area contributed by atoms with Crippen LogP contribution in [0.2, 0.25) is 0 Å². The van der Waals surface area contributed by atoms with E-state index in [-0.39, 0.29) is 24.7 Å². The highest BCUT2D eigenvalue weighted by molar-refractivity contribution is 5.77. The zero-order valence-corrected chi connectivity index (χ0v) is 16.4. The summed E-state index contributed by atoms with van der Waals surface area (Å²) in [5.74, 6) is -2.66. The van der Waals surface area contributed by atoms with Crippen LogP contribution in [-0.4, -0.2) is 43.4 Å². The van der Waals surface area contributed by atoms with Crippen molar-refractivity contribution in [2.45, 2.75) is 51.9 Å². The minimum Gasteiger partial charge on any atom is -0.480 e. The van der Waals surface area contributed by atoms with Crippen molar-refractivity contribution in [3.05, 3.63) is 58.5 Å². The van der Waals surface area contributed by atoms with Gasteiger partial charge in [0.1, 0.15) is 17.9 Å². The molecule has 2 aromatic rings. The van der Waals surface area contributed by atoms with Crippen molar-refractivity contribution >= 4 is 11.9 Å². The summed E-state index contributed by atoms with van der Waals surface area (Å²) in [6, 6.07) is 3.84. The Bertz CT molecular complexity index is 906. The first-order chi connectivity index (χ1) is 13.7. The smallest absolute Gasteiger partial charge is 0.328 e. The van der Waals surface area contributed by atoms with Gasteiger partial charge in [0, 0.05) is 18.9 Å². The highest BCUT2D eigenvalue weighted by Gasteiger charge is 2.27. The molecule has 29 heavy (non-hydrogen) atoms. The number of aryl methyl sites for hydroxylation is 2. The summed E-state index contributed by atoms with van der Waals surface area (Å²) >= 11 is 0. The van der Waals surface area contributed by atoms with Gasteiger partial charge in [-0.25, -0.2) is 9.18 Å². The Kier molecular flexibility index (Phi) is 7.72. The zero-order valence-electron chi connectivity index (χ0n) is 16.4. The van der Waals surface area contributed by atoms with Gasteiger partial charge < -0.3 is 10.2 Å². The van der Waals surface area contributed by atoms with E-state index in [0.29, 0.717) is 13.0 Å². The molecular formula is C20H26FN3O5. The number of imidazole rings is 1. The number of nitrogens with zero attached hydrogens (tertiary/aromatic N) is 2. The fraction of sp³-hybridized carbons (Fsp3) is 0.450. The van der Waals surface area contributed by atoms with E-state index >= 15 is 0 Å². The van der Waals surface area contributed by atoms with E-state index in [1.165, 1.54) is 33.7 Å². The van der Waals surface area contributed by atoms with Gasteiger partial charge in [-0.3, -0.25) is 24.0 Å². The van der Waals surface area contributed by atoms with E-state index in [9.17, 15) is 29.0 Å². The van der Waals surface area contributed by atoms with E-state index in [2.05, 4.69) is 5.32 Å². The molecule has 0 fully saturated rings. The van der Waals surface area contributed by atoms with Gasteiger partial charge in [0.15, 0.2) is 0 Å². The molecule has 1 aromatic heterocycles. The third-order valence-electron chi connectivity index (χ3n) is 4.53. The number of carbonyl (C=O) groups is 2. The molecule has 2 rings (SSSR count). The fourth-order valence-corrected chi connectivity index (χ4v) is 3.06. The number of benzene rings is 1. The Hall–Kier alpha value is -2.94. The van der Waals surface area contributed by atoms with Gasteiger partial charge in [-0.05, 0) is 36.5 Å². The molecule has 0 aliphatic rings. The number of aliphatic carboxylic acids is 2. The molecule has 0 radical (unpaired) electrons. The summed E-state index contributed by atoms with van der Waals surface area (Å²) in [7, 11) is 0. The molecule has 0 spiro atoms. The van der Waals surface area contributed by atoms with Crippen molar-refractivity contribution in [1.29, 1.82) is 0 Å². The van der Waals surface area contributed by atoms with Crippen LogP contribution >= 0.6 is 0 Å². The highest BCUT2D eigenvalue weighted by Crippen LogP contribution is 2.08.